The molecule has 0 spiro atoms. The van der Waals surface area contributed by atoms with E-state index < -0.39 is 11.8 Å². The summed E-state index contributed by atoms with van der Waals surface area (Å²) in [5.41, 5.74) is 0.630. The van der Waals surface area contributed by atoms with Crippen LogP contribution in [0, 0.1) is 0 Å². The summed E-state index contributed by atoms with van der Waals surface area (Å²) in [6, 6.07) is 9.00. The molecule has 0 atom stereocenters. The number of methoxy groups -OCH3 is 1. The van der Waals surface area contributed by atoms with E-state index in [1.165, 1.54) is 43.5 Å². The molecule has 2 aromatic carbocycles. The number of carbonyl (C=O) groups excluding carboxylic acids is 2. The summed E-state index contributed by atoms with van der Waals surface area (Å²) in [4.78, 5) is 26.4. The average Bonchev–Trinajstić information content (AvgIpc) is 2.61. The Balaban J connectivity index is 2.04. The molecule has 0 aliphatic carbocycles. The van der Waals surface area contributed by atoms with Crippen molar-refractivity contribution in [1.82, 2.24) is 5.32 Å². The SMILES string of the molecule is COc1cc(C=C2C(=O)NC(=S)N(c3ccc(Cl)cc3Cl)C2=O)ccc1O. The van der Waals surface area contributed by atoms with E-state index in [0.717, 1.165) is 4.90 Å². The molecule has 0 unspecified atom stereocenters. The summed E-state index contributed by atoms with van der Waals surface area (Å²) in [5.74, 6) is -1.13. The first kappa shape index (κ1) is 19.2. The second-order valence-corrected chi connectivity index (χ2v) is 6.72. The highest BCUT2D eigenvalue weighted by atomic mass is 35.5. The number of rotatable bonds is 3. The van der Waals surface area contributed by atoms with Crippen LogP contribution in [0.15, 0.2) is 42.0 Å². The van der Waals surface area contributed by atoms with Crippen LogP contribution < -0.4 is 15.0 Å². The highest BCUT2D eigenvalue weighted by Gasteiger charge is 2.35. The number of benzene rings is 2. The van der Waals surface area contributed by atoms with Gasteiger partial charge in [0, 0.05) is 5.02 Å². The molecule has 1 heterocycles. The van der Waals surface area contributed by atoms with Gasteiger partial charge in [-0.2, -0.15) is 0 Å². The molecule has 1 aliphatic heterocycles. The number of halogens is 2. The van der Waals surface area contributed by atoms with Crippen LogP contribution in [0.3, 0.4) is 0 Å². The van der Waals surface area contributed by atoms with Gasteiger partial charge in [0.25, 0.3) is 11.8 Å². The molecule has 0 aromatic heterocycles. The van der Waals surface area contributed by atoms with Gasteiger partial charge in [-0.15, -0.1) is 0 Å². The average molecular weight is 423 g/mol. The van der Waals surface area contributed by atoms with Crippen molar-refractivity contribution in [2.45, 2.75) is 0 Å². The highest BCUT2D eigenvalue weighted by molar-refractivity contribution is 7.80. The first-order chi connectivity index (χ1) is 12.8. The molecule has 27 heavy (non-hydrogen) atoms. The van der Waals surface area contributed by atoms with Crippen molar-refractivity contribution in [3.63, 3.8) is 0 Å². The van der Waals surface area contributed by atoms with Gasteiger partial charge in [-0.1, -0.05) is 29.3 Å². The molecule has 0 saturated carbocycles. The number of phenolic OH excluding ortho intramolecular Hbond substituents is 1. The number of nitrogens with one attached hydrogen (secondary N) is 1. The third-order valence-corrected chi connectivity index (χ3v) is 4.59. The minimum Gasteiger partial charge on any atom is -0.504 e. The molecule has 2 aromatic rings. The zero-order valence-corrected chi connectivity index (χ0v) is 16.2. The maximum absolute atomic E-state index is 12.9. The second kappa shape index (κ2) is 7.56. The first-order valence-electron chi connectivity index (χ1n) is 7.55. The lowest BCUT2D eigenvalue weighted by Gasteiger charge is -2.29. The Morgan fingerprint density at radius 2 is 1.93 bits per heavy atom. The number of carbonyl (C=O) groups is 2. The normalized spacial score (nSPS) is 15.9. The lowest BCUT2D eigenvalue weighted by Crippen LogP contribution is -2.54. The Morgan fingerprint density at radius 3 is 2.59 bits per heavy atom. The quantitative estimate of drug-likeness (QED) is 0.449. The Labute approximate surface area is 169 Å². The number of ether oxygens (including phenoxy) is 1. The van der Waals surface area contributed by atoms with Crippen LogP contribution in [0.1, 0.15) is 5.56 Å². The summed E-state index contributed by atoms with van der Waals surface area (Å²) in [6.07, 6.45) is 1.37. The summed E-state index contributed by atoms with van der Waals surface area (Å²) in [7, 11) is 1.40. The molecule has 3 rings (SSSR count). The summed E-state index contributed by atoms with van der Waals surface area (Å²) < 4.78 is 5.04. The molecule has 0 radical (unpaired) electrons. The van der Waals surface area contributed by atoms with E-state index in [-0.39, 0.29) is 27.2 Å². The standard InChI is InChI=1S/C18H12Cl2N2O4S/c1-26-15-7-9(2-5-14(15)23)6-11-16(24)21-18(27)22(17(11)25)13-4-3-10(19)8-12(13)20/h2-8,23H,1H3,(H,21,24,27). The van der Waals surface area contributed by atoms with Gasteiger partial charge in [0.2, 0.25) is 0 Å². The van der Waals surface area contributed by atoms with Crippen molar-refractivity contribution in [3.05, 3.63) is 57.6 Å². The number of amides is 2. The van der Waals surface area contributed by atoms with Crippen molar-refractivity contribution >= 4 is 64.1 Å². The van der Waals surface area contributed by atoms with Crippen LogP contribution in [0.25, 0.3) is 6.08 Å². The van der Waals surface area contributed by atoms with E-state index in [2.05, 4.69) is 5.32 Å². The molecule has 2 N–H and O–H groups in total. The first-order valence-corrected chi connectivity index (χ1v) is 8.71. The topological polar surface area (TPSA) is 78.9 Å². The van der Waals surface area contributed by atoms with Gasteiger partial charge in [0.15, 0.2) is 16.6 Å². The Bertz CT molecular complexity index is 1010. The maximum Gasteiger partial charge on any atom is 0.270 e. The van der Waals surface area contributed by atoms with Gasteiger partial charge in [0.1, 0.15) is 5.57 Å². The zero-order valence-electron chi connectivity index (χ0n) is 13.8. The van der Waals surface area contributed by atoms with Gasteiger partial charge in [-0.25, -0.2) is 0 Å². The number of nitrogens with zero attached hydrogens (tertiary/aromatic N) is 1. The van der Waals surface area contributed by atoms with Crippen LogP contribution in [0.5, 0.6) is 11.5 Å². The molecule has 1 aliphatic rings. The molecular weight excluding hydrogens is 411 g/mol. The van der Waals surface area contributed by atoms with Gasteiger partial charge < -0.3 is 9.84 Å². The smallest absolute Gasteiger partial charge is 0.270 e. The molecule has 1 saturated heterocycles. The fraction of sp³-hybridized carbons (Fsp3) is 0.0556. The molecule has 9 heteroatoms. The van der Waals surface area contributed by atoms with Gasteiger partial charge in [0.05, 0.1) is 17.8 Å². The number of hydrogen-bond donors (Lipinski definition) is 2. The number of phenols is 1. The number of aromatic hydroxyl groups is 1. The van der Waals surface area contributed by atoms with E-state index >= 15 is 0 Å². The summed E-state index contributed by atoms with van der Waals surface area (Å²) in [5, 5.41) is 12.7. The van der Waals surface area contributed by atoms with Crippen LogP contribution in [0.2, 0.25) is 10.0 Å². The molecule has 1 fully saturated rings. The predicted molar refractivity (Wildman–Crippen MR) is 107 cm³/mol. The third kappa shape index (κ3) is 3.75. The largest absolute Gasteiger partial charge is 0.504 e. The van der Waals surface area contributed by atoms with Crippen LogP contribution >= 0.6 is 35.4 Å². The van der Waals surface area contributed by atoms with Crippen molar-refractivity contribution in [3.8, 4) is 11.5 Å². The van der Waals surface area contributed by atoms with Crippen LogP contribution in [-0.2, 0) is 9.59 Å². The summed E-state index contributed by atoms with van der Waals surface area (Å²) >= 11 is 17.2. The molecule has 0 bridgehead atoms. The number of hydrogen-bond acceptors (Lipinski definition) is 5. The van der Waals surface area contributed by atoms with Crippen LogP contribution in [0.4, 0.5) is 5.69 Å². The monoisotopic (exact) mass is 422 g/mol. The fourth-order valence-corrected chi connectivity index (χ4v) is 3.26. The number of anilines is 1. The predicted octanol–water partition coefficient (Wildman–Crippen LogP) is 3.54. The third-order valence-electron chi connectivity index (χ3n) is 3.77. The minimum absolute atomic E-state index is 0.0603. The van der Waals surface area contributed by atoms with Crippen molar-refractivity contribution in [2.24, 2.45) is 0 Å². The fourth-order valence-electron chi connectivity index (χ4n) is 2.49. The van der Waals surface area contributed by atoms with E-state index in [9.17, 15) is 14.7 Å². The number of thiocarbonyl (C=S) groups is 1. The maximum atomic E-state index is 12.9. The molecule has 138 valence electrons. The Morgan fingerprint density at radius 1 is 1.19 bits per heavy atom. The van der Waals surface area contributed by atoms with Gasteiger partial charge in [-0.05, 0) is 54.2 Å². The van der Waals surface area contributed by atoms with E-state index in [1.807, 2.05) is 0 Å². The summed E-state index contributed by atoms with van der Waals surface area (Å²) in [6.45, 7) is 0. The minimum atomic E-state index is -0.640. The highest BCUT2D eigenvalue weighted by Crippen LogP contribution is 2.32. The van der Waals surface area contributed by atoms with Gasteiger partial charge >= 0.3 is 0 Å². The van der Waals surface area contributed by atoms with Crippen molar-refractivity contribution in [1.29, 1.82) is 0 Å². The second-order valence-electron chi connectivity index (χ2n) is 5.48. The van der Waals surface area contributed by atoms with E-state index in [4.69, 9.17) is 40.2 Å². The van der Waals surface area contributed by atoms with E-state index in [0.29, 0.717) is 16.3 Å². The van der Waals surface area contributed by atoms with E-state index in [1.54, 1.807) is 6.07 Å². The van der Waals surface area contributed by atoms with Crippen molar-refractivity contribution < 1.29 is 19.4 Å². The van der Waals surface area contributed by atoms with Gasteiger partial charge in [-0.3, -0.25) is 19.8 Å². The Kier molecular flexibility index (Phi) is 5.36. The lowest BCUT2D eigenvalue weighted by molar-refractivity contribution is -0.122. The molecular formula is C18H12Cl2N2O4S. The van der Waals surface area contributed by atoms with Crippen molar-refractivity contribution in [2.75, 3.05) is 12.0 Å². The van der Waals surface area contributed by atoms with Crippen LogP contribution in [-0.4, -0.2) is 29.1 Å². The lowest BCUT2D eigenvalue weighted by atomic mass is 10.1. The molecule has 6 nitrogen and oxygen atoms in total. The zero-order chi connectivity index (χ0) is 19.7. The molecule has 2 amide bonds. The Hall–Kier alpha value is -2.61.